The van der Waals surface area contributed by atoms with Gasteiger partial charge >= 0.3 is 0 Å². The Hall–Kier alpha value is -3.64. The molecule has 0 bridgehead atoms. The van der Waals surface area contributed by atoms with E-state index < -0.39 is 0 Å². The van der Waals surface area contributed by atoms with Crippen LogP contribution in [0.1, 0.15) is 5.56 Å². The standard InChI is InChI=1S/C29H20/c1-19-10-11-21-14-17-27-26(16-13-22-12-15-25(19)28(21)29(22)27)24-9-5-8-23(18-24)20-6-3-2-4-7-20/h2-18H,1H3. The van der Waals surface area contributed by atoms with E-state index in [9.17, 15) is 0 Å². The van der Waals surface area contributed by atoms with E-state index in [4.69, 9.17) is 0 Å². The van der Waals surface area contributed by atoms with Gasteiger partial charge in [-0.25, -0.2) is 0 Å². The Labute approximate surface area is 170 Å². The van der Waals surface area contributed by atoms with Crippen LogP contribution < -0.4 is 0 Å². The fourth-order valence-electron chi connectivity index (χ4n) is 4.70. The van der Waals surface area contributed by atoms with Crippen LogP contribution in [0.25, 0.3) is 54.6 Å². The van der Waals surface area contributed by atoms with Crippen LogP contribution in [0.15, 0.2) is 103 Å². The third kappa shape index (κ3) is 2.46. The number of hydrogen-bond acceptors (Lipinski definition) is 0. The van der Waals surface area contributed by atoms with Crippen molar-refractivity contribution in [3.63, 3.8) is 0 Å². The highest BCUT2D eigenvalue weighted by Gasteiger charge is 2.13. The molecule has 0 amide bonds. The molecule has 0 atom stereocenters. The molecule has 0 N–H and O–H groups in total. The molecule has 29 heavy (non-hydrogen) atoms. The highest BCUT2D eigenvalue weighted by molar-refractivity contribution is 6.26. The van der Waals surface area contributed by atoms with Gasteiger partial charge in [0.2, 0.25) is 0 Å². The first-order valence-electron chi connectivity index (χ1n) is 10.1. The van der Waals surface area contributed by atoms with E-state index >= 15 is 0 Å². The summed E-state index contributed by atoms with van der Waals surface area (Å²) in [6.07, 6.45) is 0. The van der Waals surface area contributed by atoms with Gasteiger partial charge in [-0.15, -0.1) is 0 Å². The predicted octanol–water partition coefficient (Wildman–Crippen LogP) is 8.23. The smallest absolute Gasteiger partial charge is 0.00205 e. The summed E-state index contributed by atoms with van der Waals surface area (Å²) < 4.78 is 0. The van der Waals surface area contributed by atoms with Crippen LogP contribution in [0.2, 0.25) is 0 Å². The molecule has 0 aliphatic carbocycles. The van der Waals surface area contributed by atoms with Crippen molar-refractivity contribution >= 4 is 32.3 Å². The molecule has 0 spiro atoms. The molecule has 6 aromatic carbocycles. The molecule has 0 saturated heterocycles. The second kappa shape index (κ2) is 6.18. The van der Waals surface area contributed by atoms with Gasteiger partial charge in [0.05, 0.1) is 0 Å². The van der Waals surface area contributed by atoms with Crippen LogP contribution >= 0.6 is 0 Å². The third-order valence-electron chi connectivity index (χ3n) is 6.16. The average molecular weight is 368 g/mol. The maximum atomic E-state index is 2.31. The molecule has 0 radical (unpaired) electrons. The molecule has 6 aromatic rings. The second-order valence-electron chi connectivity index (χ2n) is 7.86. The van der Waals surface area contributed by atoms with Gasteiger partial charge in [0, 0.05) is 0 Å². The topological polar surface area (TPSA) is 0 Å². The Bertz CT molecular complexity index is 1490. The third-order valence-corrected chi connectivity index (χ3v) is 6.16. The molecule has 6 rings (SSSR count). The van der Waals surface area contributed by atoms with Crippen LogP contribution in [0.5, 0.6) is 0 Å². The first kappa shape index (κ1) is 16.3. The summed E-state index contributed by atoms with van der Waals surface area (Å²) in [4.78, 5) is 0. The van der Waals surface area contributed by atoms with Gasteiger partial charge < -0.3 is 0 Å². The van der Waals surface area contributed by atoms with Gasteiger partial charge in [-0.2, -0.15) is 0 Å². The fraction of sp³-hybridized carbons (Fsp3) is 0.0345. The quantitative estimate of drug-likeness (QED) is 0.270. The Kier molecular flexibility index (Phi) is 3.48. The zero-order chi connectivity index (χ0) is 19.4. The van der Waals surface area contributed by atoms with Crippen LogP contribution in [0, 0.1) is 6.92 Å². The predicted molar refractivity (Wildman–Crippen MR) is 126 cm³/mol. The lowest BCUT2D eigenvalue weighted by atomic mass is 9.88. The number of hydrogen-bond donors (Lipinski definition) is 0. The summed E-state index contributed by atoms with van der Waals surface area (Å²) in [5, 5.41) is 8.09. The minimum absolute atomic E-state index is 1.25. The van der Waals surface area contributed by atoms with Gasteiger partial charge in [0.15, 0.2) is 0 Å². The van der Waals surface area contributed by atoms with Crippen molar-refractivity contribution in [1.29, 1.82) is 0 Å². The van der Waals surface area contributed by atoms with E-state index in [1.807, 2.05) is 0 Å². The Morgan fingerprint density at radius 1 is 0.448 bits per heavy atom. The molecule has 0 aromatic heterocycles. The Morgan fingerprint density at radius 3 is 1.90 bits per heavy atom. The summed E-state index contributed by atoms with van der Waals surface area (Å²) >= 11 is 0. The molecular weight excluding hydrogens is 348 g/mol. The van der Waals surface area contributed by atoms with Crippen molar-refractivity contribution in [2.75, 3.05) is 0 Å². The van der Waals surface area contributed by atoms with Crippen LogP contribution in [0.3, 0.4) is 0 Å². The van der Waals surface area contributed by atoms with E-state index in [1.54, 1.807) is 0 Å². The molecule has 0 heteroatoms. The maximum Gasteiger partial charge on any atom is -0.00205 e. The van der Waals surface area contributed by atoms with Crippen molar-refractivity contribution in [3.8, 4) is 22.3 Å². The normalized spacial score (nSPS) is 11.6. The lowest BCUT2D eigenvalue weighted by molar-refractivity contribution is 1.55. The highest BCUT2D eigenvalue weighted by Crippen LogP contribution is 2.40. The first-order chi connectivity index (χ1) is 14.3. The number of benzene rings is 6. The summed E-state index contributed by atoms with van der Waals surface area (Å²) in [6, 6.07) is 37.6. The van der Waals surface area contributed by atoms with Crippen molar-refractivity contribution in [2.45, 2.75) is 6.92 Å². The van der Waals surface area contributed by atoms with Crippen molar-refractivity contribution in [2.24, 2.45) is 0 Å². The van der Waals surface area contributed by atoms with Crippen molar-refractivity contribution in [3.05, 3.63) is 109 Å². The van der Waals surface area contributed by atoms with E-state index in [2.05, 4.69) is 110 Å². The molecule has 0 nitrogen and oxygen atoms in total. The van der Waals surface area contributed by atoms with Crippen molar-refractivity contribution in [1.82, 2.24) is 0 Å². The Morgan fingerprint density at radius 2 is 1.07 bits per heavy atom. The minimum Gasteiger partial charge on any atom is -0.0622 e. The van der Waals surface area contributed by atoms with E-state index in [0.29, 0.717) is 0 Å². The molecule has 0 unspecified atom stereocenters. The largest absolute Gasteiger partial charge is 0.0622 e. The van der Waals surface area contributed by atoms with Gasteiger partial charge in [0.1, 0.15) is 0 Å². The van der Waals surface area contributed by atoms with Gasteiger partial charge in [-0.05, 0) is 73.1 Å². The second-order valence-corrected chi connectivity index (χ2v) is 7.86. The lowest BCUT2D eigenvalue weighted by Gasteiger charge is -2.15. The molecule has 136 valence electrons. The zero-order valence-electron chi connectivity index (χ0n) is 16.3. The van der Waals surface area contributed by atoms with Crippen LogP contribution in [-0.2, 0) is 0 Å². The summed E-state index contributed by atoms with van der Waals surface area (Å²) in [6.45, 7) is 2.20. The van der Waals surface area contributed by atoms with Gasteiger partial charge in [-0.3, -0.25) is 0 Å². The van der Waals surface area contributed by atoms with E-state index in [1.165, 1.54) is 60.1 Å². The van der Waals surface area contributed by atoms with Crippen LogP contribution in [0.4, 0.5) is 0 Å². The number of aryl methyl sites for hydroxylation is 1. The lowest BCUT2D eigenvalue weighted by Crippen LogP contribution is -1.89. The molecular formula is C29H20. The summed E-state index contributed by atoms with van der Waals surface area (Å²) in [7, 11) is 0. The van der Waals surface area contributed by atoms with E-state index in [0.717, 1.165) is 0 Å². The first-order valence-corrected chi connectivity index (χ1v) is 10.1. The maximum absolute atomic E-state index is 2.31. The number of rotatable bonds is 2. The minimum atomic E-state index is 1.25. The highest BCUT2D eigenvalue weighted by atomic mass is 14.2. The van der Waals surface area contributed by atoms with E-state index in [-0.39, 0.29) is 0 Å². The Balaban J connectivity index is 1.66. The SMILES string of the molecule is Cc1ccc2ccc3c(-c4cccc(-c5ccccc5)c4)ccc4ccc1c2c43. The molecule has 0 fully saturated rings. The summed E-state index contributed by atoms with van der Waals surface area (Å²) in [5.74, 6) is 0. The summed E-state index contributed by atoms with van der Waals surface area (Å²) in [5.41, 5.74) is 6.41. The molecule has 0 aliphatic rings. The van der Waals surface area contributed by atoms with Crippen LogP contribution in [-0.4, -0.2) is 0 Å². The molecule has 0 heterocycles. The van der Waals surface area contributed by atoms with Crippen molar-refractivity contribution < 1.29 is 0 Å². The van der Waals surface area contributed by atoms with Gasteiger partial charge in [0.25, 0.3) is 0 Å². The van der Waals surface area contributed by atoms with Gasteiger partial charge in [-0.1, -0.05) is 97.1 Å². The zero-order valence-corrected chi connectivity index (χ0v) is 16.3. The average Bonchev–Trinajstić information content (AvgIpc) is 2.79. The fourth-order valence-corrected chi connectivity index (χ4v) is 4.70. The molecule has 0 saturated carbocycles. The molecule has 0 aliphatic heterocycles. The monoisotopic (exact) mass is 368 g/mol.